The van der Waals surface area contributed by atoms with Gasteiger partial charge in [-0.1, -0.05) is 13.8 Å². The minimum atomic E-state index is -0.0832. The van der Waals surface area contributed by atoms with Crippen molar-refractivity contribution in [3.63, 3.8) is 0 Å². The molecule has 0 amide bonds. The van der Waals surface area contributed by atoms with Crippen molar-refractivity contribution in [2.24, 2.45) is 11.8 Å². The quantitative estimate of drug-likeness (QED) is 0.714. The van der Waals surface area contributed by atoms with Crippen LogP contribution in [0.4, 0.5) is 0 Å². The molecule has 1 aliphatic heterocycles. The van der Waals surface area contributed by atoms with E-state index in [0.29, 0.717) is 22.8 Å². The van der Waals surface area contributed by atoms with Gasteiger partial charge in [0, 0.05) is 6.42 Å². The first kappa shape index (κ1) is 13.2. The van der Waals surface area contributed by atoms with Crippen LogP contribution in [0, 0.1) is 11.8 Å². The van der Waals surface area contributed by atoms with Gasteiger partial charge in [0.05, 0.1) is 11.7 Å². The largest absolute Gasteiger partial charge is 0.469 e. The highest BCUT2D eigenvalue weighted by Gasteiger charge is 2.26. The molecule has 88 valence electrons. The van der Waals surface area contributed by atoms with Crippen LogP contribution in [0.25, 0.3) is 0 Å². The second kappa shape index (κ2) is 6.69. The first-order chi connectivity index (χ1) is 7.15. The summed E-state index contributed by atoms with van der Waals surface area (Å²) in [6.07, 6.45) is 1.87. The zero-order valence-electron chi connectivity index (χ0n) is 9.69. The van der Waals surface area contributed by atoms with Gasteiger partial charge < -0.3 is 4.74 Å². The fourth-order valence-electron chi connectivity index (χ4n) is 1.61. The summed E-state index contributed by atoms with van der Waals surface area (Å²) >= 11 is 4.09. The summed E-state index contributed by atoms with van der Waals surface area (Å²) in [6.45, 7) is 4.40. The van der Waals surface area contributed by atoms with E-state index in [1.54, 1.807) is 0 Å². The molecule has 0 N–H and O–H groups in total. The van der Waals surface area contributed by atoms with E-state index in [-0.39, 0.29) is 5.97 Å². The molecule has 1 rings (SSSR count). The lowest BCUT2D eigenvalue weighted by molar-refractivity contribution is -0.141. The van der Waals surface area contributed by atoms with E-state index in [2.05, 4.69) is 13.8 Å². The number of hydrogen-bond donors (Lipinski definition) is 0. The van der Waals surface area contributed by atoms with E-state index < -0.39 is 0 Å². The number of carbonyl (C=O) groups is 1. The third-order valence-electron chi connectivity index (χ3n) is 2.90. The zero-order valence-corrected chi connectivity index (χ0v) is 11.3. The van der Waals surface area contributed by atoms with Gasteiger partial charge in [0.1, 0.15) is 0 Å². The van der Waals surface area contributed by atoms with Gasteiger partial charge in [-0.15, -0.1) is 23.5 Å². The minimum Gasteiger partial charge on any atom is -0.469 e. The van der Waals surface area contributed by atoms with Gasteiger partial charge in [-0.2, -0.15) is 0 Å². The number of ether oxygens (including phenoxy) is 1. The Labute approximate surface area is 101 Å². The van der Waals surface area contributed by atoms with Crippen LogP contribution < -0.4 is 0 Å². The summed E-state index contributed by atoms with van der Waals surface area (Å²) in [5.74, 6) is 3.46. The summed E-state index contributed by atoms with van der Waals surface area (Å²) in [5.41, 5.74) is 0. The maximum absolute atomic E-state index is 11.2. The van der Waals surface area contributed by atoms with Crippen molar-refractivity contribution in [3.05, 3.63) is 0 Å². The van der Waals surface area contributed by atoms with E-state index >= 15 is 0 Å². The third-order valence-corrected chi connectivity index (χ3v) is 6.28. The second-order valence-electron chi connectivity index (χ2n) is 4.08. The molecule has 0 unspecified atom stereocenters. The zero-order chi connectivity index (χ0) is 11.3. The van der Waals surface area contributed by atoms with Gasteiger partial charge in [-0.05, 0) is 29.8 Å². The number of esters is 1. The minimum absolute atomic E-state index is 0.0832. The van der Waals surface area contributed by atoms with E-state index in [0.717, 1.165) is 0 Å². The highest BCUT2D eigenvalue weighted by atomic mass is 32.2. The topological polar surface area (TPSA) is 26.3 Å². The molecule has 0 aliphatic carbocycles. The fourth-order valence-corrected chi connectivity index (χ4v) is 4.99. The Hall–Kier alpha value is 0.170. The van der Waals surface area contributed by atoms with Gasteiger partial charge in [0.25, 0.3) is 0 Å². The maximum atomic E-state index is 11.2. The van der Waals surface area contributed by atoms with Crippen LogP contribution >= 0.6 is 23.5 Å². The highest BCUT2D eigenvalue weighted by Crippen LogP contribution is 2.39. The second-order valence-corrected chi connectivity index (χ2v) is 6.88. The molecular weight excluding hydrogens is 228 g/mol. The molecule has 0 aromatic heterocycles. The van der Waals surface area contributed by atoms with E-state index in [9.17, 15) is 4.79 Å². The van der Waals surface area contributed by atoms with Crippen LogP contribution in [0.1, 0.15) is 26.7 Å². The Balaban J connectivity index is 2.36. The van der Waals surface area contributed by atoms with Crippen molar-refractivity contribution in [3.8, 4) is 0 Å². The number of rotatable bonds is 4. The van der Waals surface area contributed by atoms with E-state index in [1.165, 1.54) is 25.0 Å². The number of carbonyl (C=O) groups excluding carboxylic acids is 1. The Morgan fingerprint density at radius 3 is 2.53 bits per heavy atom. The molecule has 1 aliphatic rings. The monoisotopic (exact) mass is 248 g/mol. The van der Waals surface area contributed by atoms with Crippen LogP contribution in [0.15, 0.2) is 0 Å². The molecule has 1 saturated heterocycles. The molecule has 1 fully saturated rings. The van der Waals surface area contributed by atoms with Crippen molar-refractivity contribution >= 4 is 29.5 Å². The standard InChI is InChI=1S/C11H20O2S2/c1-8(7-10(12)13-3)9(2)11-14-5-4-6-15-11/h8-9,11H,4-7H2,1-3H3/t8-,9-/m0/s1. The van der Waals surface area contributed by atoms with Crippen LogP contribution in [0.5, 0.6) is 0 Å². The van der Waals surface area contributed by atoms with Crippen LogP contribution in [0.3, 0.4) is 0 Å². The Bertz CT molecular complexity index is 203. The summed E-state index contributed by atoms with van der Waals surface area (Å²) < 4.78 is 5.37. The SMILES string of the molecule is COC(=O)C[C@H](C)[C@H](C)C1SCCCS1. The Morgan fingerprint density at radius 2 is 2.00 bits per heavy atom. The smallest absolute Gasteiger partial charge is 0.305 e. The maximum Gasteiger partial charge on any atom is 0.305 e. The average Bonchev–Trinajstić information content (AvgIpc) is 2.29. The van der Waals surface area contributed by atoms with Crippen molar-refractivity contribution in [1.82, 2.24) is 0 Å². The number of methoxy groups -OCH3 is 1. The molecular formula is C11H20O2S2. The molecule has 0 aromatic rings. The van der Waals surface area contributed by atoms with E-state index in [1.807, 2.05) is 23.5 Å². The number of hydrogen-bond acceptors (Lipinski definition) is 4. The van der Waals surface area contributed by atoms with Crippen LogP contribution in [-0.4, -0.2) is 29.2 Å². The first-order valence-electron chi connectivity index (χ1n) is 5.45. The third kappa shape index (κ3) is 4.27. The van der Waals surface area contributed by atoms with Gasteiger partial charge in [0.2, 0.25) is 0 Å². The van der Waals surface area contributed by atoms with Gasteiger partial charge in [-0.3, -0.25) is 4.79 Å². The van der Waals surface area contributed by atoms with E-state index in [4.69, 9.17) is 4.74 Å². The first-order valence-corrected chi connectivity index (χ1v) is 7.55. The molecule has 0 bridgehead atoms. The Morgan fingerprint density at radius 1 is 1.40 bits per heavy atom. The molecule has 0 saturated carbocycles. The molecule has 2 atom stereocenters. The summed E-state index contributed by atoms with van der Waals surface area (Å²) in [4.78, 5) is 11.2. The lowest BCUT2D eigenvalue weighted by Crippen LogP contribution is -2.24. The molecule has 0 aromatic carbocycles. The average molecular weight is 248 g/mol. The summed E-state index contributed by atoms with van der Waals surface area (Å²) in [7, 11) is 1.46. The van der Waals surface area contributed by atoms with Gasteiger partial charge in [-0.25, -0.2) is 0 Å². The lowest BCUT2D eigenvalue weighted by atomic mass is 9.94. The molecule has 0 spiro atoms. The van der Waals surface area contributed by atoms with Crippen molar-refractivity contribution in [2.45, 2.75) is 31.3 Å². The molecule has 15 heavy (non-hydrogen) atoms. The molecule has 2 nitrogen and oxygen atoms in total. The normalized spacial score (nSPS) is 22.1. The molecule has 0 radical (unpaired) electrons. The fraction of sp³-hybridized carbons (Fsp3) is 0.909. The molecule has 4 heteroatoms. The predicted molar refractivity (Wildman–Crippen MR) is 68.3 cm³/mol. The Kier molecular flexibility index (Phi) is 5.90. The highest BCUT2D eigenvalue weighted by molar-refractivity contribution is 8.17. The van der Waals surface area contributed by atoms with Gasteiger partial charge in [0.15, 0.2) is 0 Å². The summed E-state index contributed by atoms with van der Waals surface area (Å²) in [6, 6.07) is 0. The van der Waals surface area contributed by atoms with Crippen LogP contribution in [-0.2, 0) is 9.53 Å². The van der Waals surface area contributed by atoms with Crippen LogP contribution in [0.2, 0.25) is 0 Å². The van der Waals surface area contributed by atoms with Gasteiger partial charge >= 0.3 is 5.97 Å². The van der Waals surface area contributed by atoms with Crippen molar-refractivity contribution in [2.75, 3.05) is 18.6 Å². The lowest BCUT2D eigenvalue weighted by Gasteiger charge is -2.30. The molecule has 1 heterocycles. The van der Waals surface area contributed by atoms with Crippen molar-refractivity contribution in [1.29, 1.82) is 0 Å². The summed E-state index contributed by atoms with van der Waals surface area (Å²) in [5, 5.41) is 0. The predicted octanol–water partition coefficient (Wildman–Crippen LogP) is 3.02. The van der Waals surface area contributed by atoms with Crippen molar-refractivity contribution < 1.29 is 9.53 Å². The number of thioether (sulfide) groups is 2.